The number of amides is 1. The number of nitrogens with one attached hydrogen (secondary N) is 1. The third-order valence-electron chi connectivity index (χ3n) is 2.99. The van der Waals surface area contributed by atoms with E-state index in [0.717, 1.165) is 5.56 Å². The Kier molecular flexibility index (Phi) is 5.38. The number of hydrogen-bond acceptors (Lipinski definition) is 3. The number of hydrogen-bond donors (Lipinski definition) is 2. The van der Waals surface area contributed by atoms with E-state index >= 15 is 0 Å². The minimum absolute atomic E-state index is 0.0301. The van der Waals surface area contributed by atoms with Crippen LogP contribution in [-0.4, -0.2) is 24.1 Å². The van der Waals surface area contributed by atoms with Crippen molar-refractivity contribution in [1.29, 1.82) is 0 Å². The van der Waals surface area contributed by atoms with Gasteiger partial charge >= 0.3 is 5.97 Å². The zero-order valence-corrected chi connectivity index (χ0v) is 13.0. The van der Waals surface area contributed by atoms with E-state index in [-0.39, 0.29) is 11.3 Å². The molecule has 2 aromatic rings. The number of carbonyl (C=O) groups excluding carboxylic acids is 1. The van der Waals surface area contributed by atoms with Crippen molar-refractivity contribution in [3.63, 3.8) is 0 Å². The molecule has 0 heterocycles. The highest BCUT2D eigenvalue weighted by Crippen LogP contribution is 2.21. The highest BCUT2D eigenvalue weighted by molar-refractivity contribution is 6.31. The summed E-state index contributed by atoms with van der Waals surface area (Å²) in [6.07, 6.45) is 2.91. The number of benzene rings is 2. The first-order valence-corrected chi connectivity index (χ1v) is 7.03. The number of anilines is 1. The van der Waals surface area contributed by atoms with Crippen LogP contribution in [0.3, 0.4) is 0 Å². The van der Waals surface area contributed by atoms with Gasteiger partial charge in [-0.1, -0.05) is 23.7 Å². The molecule has 0 aliphatic carbocycles. The van der Waals surface area contributed by atoms with Crippen molar-refractivity contribution in [2.75, 3.05) is 12.4 Å². The molecule has 6 heteroatoms. The minimum atomic E-state index is -1.14. The van der Waals surface area contributed by atoms with Crippen LogP contribution in [0.1, 0.15) is 15.9 Å². The first-order valence-electron chi connectivity index (χ1n) is 6.65. The fourth-order valence-electron chi connectivity index (χ4n) is 1.90. The molecule has 2 aromatic carbocycles. The summed E-state index contributed by atoms with van der Waals surface area (Å²) < 4.78 is 5.10. The van der Waals surface area contributed by atoms with Crippen LogP contribution in [0.25, 0.3) is 6.08 Å². The second kappa shape index (κ2) is 7.47. The number of aromatic carboxylic acids is 1. The van der Waals surface area contributed by atoms with Crippen LogP contribution in [0.15, 0.2) is 48.5 Å². The van der Waals surface area contributed by atoms with Crippen LogP contribution in [0, 0.1) is 0 Å². The van der Waals surface area contributed by atoms with Gasteiger partial charge in [0.05, 0.1) is 18.4 Å². The van der Waals surface area contributed by atoms with Gasteiger partial charge in [-0.05, 0) is 42.0 Å². The van der Waals surface area contributed by atoms with E-state index < -0.39 is 11.9 Å². The fraction of sp³-hybridized carbons (Fsp3) is 0.0588. The number of halogens is 1. The molecule has 2 N–H and O–H groups in total. The second-order valence-corrected chi connectivity index (χ2v) is 5.03. The summed E-state index contributed by atoms with van der Waals surface area (Å²) in [5, 5.41) is 12.0. The van der Waals surface area contributed by atoms with Gasteiger partial charge in [-0.2, -0.15) is 0 Å². The first kappa shape index (κ1) is 16.6. The molecule has 118 valence electrons. The Morgan fingerprint density at radius 3 is 2.70 bits per heavy atom. The molecule has 5 nitrogen and oxygen atoms in total. The number of ether oxygens (including phenoxy) is 1. The van der Waals surface area contributed by atoms with Crippen molar-refractivity contribution in [2.45, 2.75) is 0 Å². The zero-order chi connectivity index (χ0) is 16.8. The third kappa shape index (κ3) is 4.59. The number of carbonyl (C=O) groups is 2. The molecule has 0 aliphatic rings. The average molecular weight is 332 g/mol. The van der Waals surface area contributed by atoms with Gasteiger partial charge in [0.1, 0.15) is 5.75 Å². The molecule has 0 unspecified atom stereocenters. The Morgan fingerprint density at radius 1 is 1.22 bits per heavy atom. The van der Waals surface area contributed by atoms with Gasteiger partial charge in [0.2, 0.25) is 5.91 Å². The highest BCUT2D eigenvalue weighted by Gasteiger charge is 2.11. The summed E-state index contributed by atoms with van der Waals surface area (Å²) in [4.78, 5) is 23.1. The lowest BCUT2D eigenvalue weighted by Gasteiger charge is -2.07. The Morgan fingerprint density at radius 2 is 2.00 bits per heavy atom. The van der Waals surface area contributed by atoms with Crippen molar-refractivity contribution in [3.8, 4) is 5.75 Å². The second-order valence-electron chi connectivity index (χ2n) is 4.59. The van der Waals surface area contributed by atoms with E-state index in [1.54, 1.807) is 31.4 Å². The number of carboxylic acid groups (broad SMARTS) is 1. The van der Waals surface area contributed by atoms with Gasteiger partial charge in [0.15, 0.2) is 0 Å². The Hall–Kier alpha value is -2.79. The molecule has 0 spiro atoms. The summed E-state index contributed by atoms with van der Waals surface area (Å²) in [5.74, 6) is -0.929. The monoisotopic (exact) mass is 331 g/mol. The van der Waals surface area contributed by atoms with E-state index in [1.165, 1.54) is 24.3 Å². The molecule has 2 rings (SSSR count). The van der Waals surface area contributed by atoms with Crippen LogP contribution in [-0.2, 0) is 4.79 Å². The van der Waals surface area contributed by atoms with Crippen LogP contribution in [0.5, 0.6) is 5.75 Å². The van der Waals surface area contributed by atoms with Crippen molar-refractivity contribution in [1.82, 2.24) is 0 Å². The van der Waals surface area contributed by atoms with E-state index in [4.69, 9.17) is 21.4 Å². The van der Waals surface area contributed by atoms with Gasteiger partial charge in [0.25, 0.3) is 0 Å². The van der Waals surface area contributed by atoms with Gasteiger partial charge in [0, 0.05) is 11.1 Å². The van der Waals surface area contributed by atoms with Crippen LogP contribution < -0.4 is 10.1 Å². The molecule has 0 radical (unpaired) electrons. The average Bonchev–Trinajstić information content (AvgIpc) is 2.53. The fourth-order valence-corrected chi connectivity index (χ4v) is 2.07. The standard InChI is InChI=1S/C17H14ClNO4/c1-23-13-4-2-3-11(9-13)5-8-16(20)19-15-10-12(18)6-7-14(15)17(21)22/h2-10H,1H3,(H,19,20)(H,21,22). The summed E-state index contributed by atoms with van der Waals surface area (Å²) in [6.45, 7) is 0. The van der Waals surface area contributed by atoms with E-state index in [9.17, 15) is 9.59 Å². The first-order chi connectivity index (χ1) is 11.0. The third-order valence-corrected chi connectivity index (χ3v) is 3.23. The van der Waals surface area contributed by atoms with E-state index in [2.05, 4.69) is 5.32 Å². The molecule has 0 atom stereocenters. The van der Waals surface area contributed by atoms with Gasteiger partial charge < -0.3 is 15.2 Å². The molecule has 0 bridgehead atoms. The van der Waals surface area contributed by atoms with E-state index in [0.29, 0.717) is 10.8 Å². The maximum Gasteiger partial charge on any atom is 0.337 e. The van der Waals surface area contributed by atoms with Crippen LogP contribution >= 0.6 is 11.6 Å². The molecular formula is C17H14ClNO4. The van der Waals surface area contributed by atoms with Crippen LogP contribution in [0.2, 0.25) is 5.02 Å². The van der Waals surface area contributed by atoms with Crippen molar-refractivity contribution < 1.29 is 19.4 Å². The lowest BCUT2D eigenvalue weighted by Crippen LogP contribution is -2.12. The SMILES string of the molecule is COc1cccc(C=CC(=O)Nc2cc(Cl)ccc2C(=O)O)c1. The minimum Gasteiger partial charge on any atom is -0.497 e. The molecule has 1 amide bonds. The van der Waals surface area contributed by atoms with Crippen molar-refractivity contribution in [2.24, 2.45) is 0 Å². The maximum atomic E-state index is 12.0. The quantitative estimate of drug-likeness (QED) is 0.819. The van der Waals surface area contributed by atoms with Crippen LogP contribution in [0.4, 0.5) is 5.69 Å². The number of rotatable bonds is 5. The molecule has 23 heavy (non-hydrogen) atoms. The summed E-state index contributed by atoms with van der Waals surface area (Å²) in [6, 6.07) is 11.4. The molecular weight excluding hydrogens is 318 g/mol. The molecule has 0 aromatic heterocycles. The maximum absolute atomic E-state index is 12.0. The topological polar surface area (TPSA) is 75.6 Å². The lowest BCUT2D eigenvalue weighted by atomic mass is 10.1. The van der Waals surface area contributed by atoms with E-state index in [1.807, 2.05) is 6.07 Å². The largest absolute Gasteiger partial charge is 0.497 e. The lowest BCUT2D eigenvalue weighted by molar-refractivity contribution is -0.111. The van der Waals surface area contributed by atoms with Gasteiger partial charge in [-0.25, -0.2) is 4.79 Å². The predicted molar refractivity (Wildman–Crippen MR) is 89.1 cm³/mol. The normalized spacial score (nSPS) is 10.5. The predicted octanol–water partition coefficient (Wildman–Crippen LogP) is 3.70. The smallest absolute Gasteiger partial charge is 0.337 e. The summed E-state index contributed by atoms with van der Waals surface area (Å²) in [5.41, 5.74) is 0.895. The zero-order valence-electron chi connectivity index (χ0n) is 12.2. The molecule has 0 aliphatic heterocycles. The molecule has 0 saturated carbocycles. The molecule has 0 saturated heterocycles. The molecule has 0 fully saturated rings. The summed E-state index contributed by atoms with van der Waals surface area (Å²) in [7, 11) is 1.56. The highest BCUT2D eigenvalue weighted by atomic mass is 35.5. The Bertz CT molecular complexity index is 771. The number of methoxy groups -OCH3 is 1. The Labute approximate surface area is 138 Å². The van der Waals surface area contributed by atoms with Gasteiger partial charge in [-0.3, -0.25) is 4.79 Å². The number of carboxylic acids is 1. The van der Waals surface area contributed by atoms with Crippen molar-refractivity contribution >= 4 is 35.2 Å². The Balaban J connectivity index is 2.14. The summed E-state index contributed by atoms with van der Waals surface area (Å²) >= 11 is 5.84. The van der Waals surface area contributed by atoms with Gasteiger partial charge in [-0.15, -0.1) is 0 Å². The van der Waals surface area contributed by atoms with Crippen molar-refractivity contribution in [3.05, 3.63) is 64.7 Å².